The average molecular weight is 420 g/mol. The van der Waals surface area contributed by atoms with Crippen LogP contribution in [0.15, 0.2) is 18.2 Å². The number of hydrogen-bond acceptors (Lipinski definition) is 2. The molecule has 0 fully saturated rings. The first-order valence-corrected chi connectivity index (χ1v) is 13.3. The zero-order valence-corrected chi connectivity index (χ0v) is 20.9. The summed E-state index contributed by atoms with van der Waals surface area (Å²) in [6, 6.07) is 5.75. The Hall–Kier alpha value is -1.31. The van der Waals surface area contributed by atoms with Crippen LogP contribution >= 0.6 is 0 Å². The molecule has 4 heteroatoms. The van der Waals surface area contributed by atoms with Gasteiger partial charge in [0.1, 0.15) is 5.75 Å². The van der Waals surface area contributed by atoms with Crippen molar-refractivity contribution in [3.63, 3.8) is 0 Å². The molecule has 0 spiro atoms. The Labute approximate surface area is 180 Å². The zero-order chi connectivity index (χ0) is 22.2. The monoisotopic (exact) mass is 419 g/mol. The first-order chi connectivity index (χ1) is 13.6. The van der Waals surface area contributed by atoms with Gasteiger partial charge in [-0.25, -0.2) is 4.39 Å². The summed E-state index contributed by atoms with van der Waals surface area (Å²) in [7, 11) is 1.90. The molecule has 0 bridgehead atoms. The van der Waals surface area contributed by atoms with Crippen molar-refractivity contribution < 1.29 is 8.82 Å². The molecule has 0 aromatic heterocycles. The summed E-state index contributed by atoms with van der Waals surface area (Å²) in [6.07, 6.45) is 10.7. The fraction of sp³-hybridized carbons (Fsp3) is 0.680. The molecular weight excluding hydrogens is 377 g/mol. The Morgan fingerprint density at radius 1 is 1.00 bits per heavy atom. The fourth-order valence-electron chi connectivity index (χ4n) is 4.66. The lowest BCUT2D eigenvalue weighted by atomic mass is 10.0. The second-order valence-electron chi connectivity index (χ2n) is 9.43. The number of halogens is 1. The molecule has 0 N–H and O–H groups in total. The van der Waals surface area contributed by atoms with Gasteiger partial charge in [-0.2, -0.15) is 0 Å². The number of nitrogens with zero attached hydrogens (tertiary/aromatic N) is 1. The molecule has 0 aliphatic carbocycles. The Morgan fingerprint density at radius 2 is 1.59 bits per heavy atom. The van der Waals surface area contributed by atoms with E-state index in [-0.39, 0.29) is 11.9 Å². The number of aryl methyl sites for hydroxylation is 1. The van der Waals surface area contributed by atoms with Crippen molar-refractivity contribution in [1.82, 2.24) is 4.90 Å². The standard InChI is InChI=1S/C25H42FNOSi/c1-10-23(27(8)9)15-13-11-12-14-22-16-17-25(24(26)18-22)28-29(19(2)3,20(4)5)21(6)7/h1,16-21,23H,11-15H2,2-9H3. The molecule has 1 rings (SSSR count). The number of rotatable bonds is 12. The van der Waals surface area contributed by atoms with E-state index in [2.05, 4.69) is 52.4 Å². The van der Waals surface area contributed by atoms with Crippen molar-refractivity contribution >= 4 is 8.32 Å². The van der Waals surface area contributed by atoms with Gasteiger partial charge in [0.2, 0.25) is 0 Å². The first-order valence-electron chi connectivity index (χ1n) is 11.2. The van der Waals surface area contributed by atoms with Gasteiger partial charge in [0, 0.05) is 0 Å². The van der Waals surface area contributed by atoms with Gasteiger partial charge in [-0.15, -0.1) is 6.42 Å². The van der Waals surface area contributed by atoms with Crippen LogP contribution in [-0.2, 0) is 6.42 Å². The summed E-state index contributed by atoms with van der Waals surface area (Å²) in [5.41, 5.74) is 2.32. The third-order valence-electron chi connectivity index (χ3n) is 6.25. The van der Waals surface area contributed by atoms with Crippen LogP contribution in [0.4, 0.5) is 4.39 Å². The van der Waals surface area contributed by atoms with E-state index in [1.54, 1.807) is 6.07 Å². The number of benzene rings is 1. The lowest BCUT2D eigenvalue weighted by Crippen LogP contribution is -2.50. The highest BCUT2D eigenvalue weighted by Crippen LogP contribution is 2.43. The maximum absolute atomic E-state index is 14.9. The van der Waals surface area contributed by atoms with E-state index in [1.807, 2.05) is 26.2 Å². The van der Waals surface area contributed by atoms with Gasteiger partial charge >= 0.3 is 0 Å². The van der Waals surface area contributed by atoms with E-state index in [0.717, 1.165) is 37.7 Å². The molecule has 0 aliphatic rings. The summed E-state index contributed by atoms with van der Waals surface area (Å²) >= 11 is 0. The van der Waals surface area contributed by atoms with Crippen molar-refractivity contribution in [2.24, 2.45) is 0 Å². The topological polar surface area (TPSA) is 12.5 Å². The third-order valence-corrected chi connectivity index (χ3v) is 12.2. The Kier molecular flexibility index (Phi) is 10.4. The second-order valence-corrected chi connectivity index (χ2v) is 14.8. The summed E-state index contributed by atoms with van der Waals surface area (Å²) in [5, 5.41) is 0. The molecular formula is C25H42FNOSi. The Morgan fingerprint density at radius 3 is 2.03 bits per heavy atom. The highest BCUT2D eigenvalue weighted by Gasteiger charge is 2.47. The van der Waals surface area contributed by atoms with Crippen LogP contribution in [0.3, 0.4) is 0 Å². The van der Waals surface area contributed by atoms with E-state index >= 15 is 0 Å². The average Bonchev–Trinajstić information content (AvgIpc) is 2.62. The highest BCUT2D eigenvalue weighted by atomic mass is 28.4. The van der Waals surface area contributed by atoms with E-state index in [0.29, 0.717) is 22.4 Å². The van der Waals surface area contributed by atoms with Crippen LogP contribution in [0.5, 0.6) is 5.75 Å². The van der Waals surface area contributed by atoms with Gasteiger partial charge in [0.15, 0.2) is 5.82 Å². The molecule has 0 aliphatic heterocycles. The molecule has 164 valence electrons. The first kappa shape index (κ1) is 25.7. The zero-order valence-electron chi connectivity index (χ0n) is 19.9. The van der Waals surface area contributed by atoms with Crippen molar-refractivity contribution in [3.05, 3.63) is 29.6 Å². The Bertz CT molecular complexity index is 642. The minimum absolute atomic E-state index is 0.205. The SMILES string of the molecule is C#CC(CCCCCc1ccc(O[Si](C(C)C)(C(C)C)C(C)C)c(F)c1)N(C)C. The van der Waals surface area contributed by atoms with Crippen molar-refractivity contribution in [2.45, 2.75) is 96.3 Å². The predicted octanol–water partition coefficient (Wildman–Crippen LogP) is 7.05. The van der Waals surface area contributed by atoms with Crippen LogP contribution in [-0.4, -0.2) is 33.4 Å². The minimum atomic E-state index is -2.14. The molecule has 0 saturated carbocycles. The van der Waals surface area contributed by atoms with Crippen LogP contribution in [0, 0.1) is 18.2 Å². The van der Waals surface area contributed by atoms with Crippen LogP contribution < -0.4 is 4.43 Å². The van der Waals surface area contributed by atoms with Crippen molar-refractivity contribution in [2.75, 3.05) is 14.1 Å². The van der Waals surface area contributed by atoms with Gasteiger partial charge in [0.05, 0.1) is 6.04 Å². The quantitative estimate of drug-likeness (QED) is 0.204. The maximum Gasteiger partial charge on any atom is 0.258 e. The minimum Gasteiger partial charge on any atom is -0.541 e. The molecule has 0 radical (unpaired) electrons. The third kappa shape index (κ3) is 6.86. The lowest BCUT2D eigenvalue weighted by Gasteiger charge is -2.42. The lowest BCUT2D eigenvalue weighted by molar-refractivity contribution is 0.329. The summed E-state index contributed by atoms with van der Waals surface area (Å²) in [5.74, 6) is 3.04. The largest absolute Gasteiger partial charge is 0.541 e. The molecule has 0 saturated heterocycles. The smallest absolute Gasteiger partial charge is 0.258 e. The van der Waals surface area contributed by atoms with E-state index in [9.17, 15) is 4.39 Å². The number of unbranched alkanes of at least 4 members (excludes halogenated alkanes) is 2. The van der Waals surface area contributed by atoms with Crippen LogP contribution in [0.1, 0.15) is 72.8 Å². The maximum atomic E-state index is 14.9. The van der Waals surface area contributed by atoms with Crippen molar-refractivity contribution in [1.29, 1.82) is 0 Å². The van der Waals surface area contributed by atoms with Crippen LogP contribution in [0.25, 0.3) is 0 Å². The predicted molar refractivity (Wildman–Crippen MR) is 127 cm³/mol. The highest BCUT2D eigenvalue weighted by molar-refractivity contribution is 6.78. The fourth-order valence-corrected chi connectivity index (χ4v) is 9.91. The summed E-state index contributed by atoms with van der Waals surface area (Å²) in [4.78, 5) is 2.09. The molecule has 1 atom stereocenters. The number of hydrogen-bond donors (Lipinski definition) is 0. The molecule has 1 unspecified atom stereocenters. The normalized spacial score (nSPS) is 13.4. The molecule has 0 amide bonds. The second kappa shape index (κ2) is 11.8. The molecule has 29 heavy (non-hydrogen) atoms. The number of terminal acetylenes is 1. The van der Waals surface area contributed by atoms with Crippen LogP contribution in [0.2, 0.25) is 16.6 Å². The molecule has 1 aromatic rings. The molecule has 2 nitrogen and oxygen atoms in total. The molecule has 1 aromatic carbocycles. The Balaban J connectivity index is 2.71. The molecule has 0 heterocycles. The van der Waals surface area contributed by atoms with Gasteiger partial charge in [-0.3, -0.25) is 4.90 Å². The van der Waals surface area contributed by atoms with Gasteiger partial charge in [-0.05, 0) is 67.7 Å². The summed E-state index contributed by atoms with van der Waals surface area (Å²) < 4.78 is 21.4. The van der Waals surface area contributed by atoms with E-state index in [1.165, 1.54) is 0 Å². The van der Waals surface area contributed by atoms with Gasteiger partial charge < -0.3 is 4.43 Å². The van der Waals surface area contributed by atoms with E-state index in [4.69, 9.17) is 10.8 Å². The summed E-state index contributed by atoms with van der Waals surface area (Å²) in [6.45, 7) is 13.3. The van der Waals surface area contributed by atoms with Gasteiger partial charge in [0.25, 0.3) is 8.32 Å². The van der Waals surface area contributed by atoms with Gasteiger partial charge in [-0.1, -0.05) is 66.4 Å². The van der Waals surface area contributed by atoms with Crippen molar-refractivity contribution in [3.8, 4) is 18.1 Å². The van der Waals surface area contributed by atoms with E-state index < -0.39 is 8.32 Å².